The fourth-order valence-corrected chi connectivity index (χ4v) is 8.88. The lowest BCUT2D eigenvalue weighted by Gasteiger charge is -2.48. The van der Waals surface area contributed by atoms with Crippen LogP contribution in [0.1, 0.15) is 99.2 Å². The predicted molar refractivity (Wildman–Crippen MR) is 179 cm³/mol. The highest BCUT2D eigenvalue weighted by molar-refractivity contribution is 5.66. The third-order valence-corrected chi connectivity index (χ3v) is 11.1. The van der Waals surface area contributed by atoms with Crippen molar-refractivity contribution < 1.29 is 0 Å². The van der Waals surface area contributed by atoms with Crippen LogP contribution in [-0.4, -0.2) is 23.1 Å². The normalized spacial score (nSPS) is 33.4. The number of nitrogens with zero attached hydrogens (tertiary/aromatic N) is 1. The van der Waals surface area contributed by atoms with E-state index in [-0.39, 0.29) is 12.3 Å². The molecule has 0 aromatic carbocycles. The number of fused-ring (bicyclic) bond motifs is 3. The zero-order chi connectivity index (χ0) is 28.6. The Morgan fingerprint density at radius 2 is 1.42 bits per heavy atom. The van der Waals surface area contributed by atoms with Crippen molar-refractivity contribution in [1.29, 1.82) is 0 Å². The van der Waals surface area contributed by atoms with E-state index in [0.29, 0.717) is 24.0 Å². The maximum atomic E-state index is 4.20. The summed E-state index contributed by atoms with van der Waals surface area (Å²) in [5.41, 5.74) is 10.8. The minimum atomic E-state index is 0.169. The molecule has 4 nitrogen and oxygen atoms in total. The Morgan fingerprint density at radius 1 is 0.628 bits per heavy atom. The average molecular weight is 573 g/mol. The molecule has 1 saturated heterocycles. The molecule has 0 saturated carbocycles. The summed E-state index contributed by atoms with van der Waals surface area (Å²) in [4.78, 5) is 0. The second kappa shape index (κ2) is 12.2. The molecule has 1 aromatic heterocycles. The number of hydrogen-bond donors (Lipinski definition) is 3. The molecule has 0 radical (unpaired) electrons. The number of aromatic nitrogens is 1. The van der Waals surface area contributed by atoms with Crippen molar-refractivity contribution >= 4 is 12.2 Å². The third-order valence-electron chi connectivity index (χ3n) is 11.1. The summed E-state index contributed by atoms with van der Waals surface area (Å²) in [7, 11) is 0. The van der Waals surface area contributed by atoms with Crippen molar-refractivity contribution in [3.8, 4) is 0 Å². The fourth-order valence-electron chi connectivity index (χ4n) is 8.88. The highest BCUT2D eigenvalue weighted by Crippen LogP contribution is 2.44. The molecule has 8 rings (SSSR count). The van der Waals surface area contributed by atoms with Gasteiger partial charge in [0.25, 0.3) is 0 Å². The van der Waals surface area contributed by atoms with E-state index in [0.717, 1.165) is 32.1 Å². The number of rotatable bonds is 5. The van der Waals surface area contributed by atoms with Crippen molar-refractivity contribution in [2.24, 2.45) is 11.8 Å². The van der Waals surface area contributed by atoms with Crippen LogP contribution >= 0.6 is 0 Å². The van der Waals surface area contributed by atoms with Gasteiger partial charge in [-0.15, -0.1) is 0 Å². The summed E-state index contributed by atoms with van der Waals surface area (Å²) in [6.45, 7) is 0. The van der Waals surface area contributed by atoms with Gasteiger partial charge in [-0.25, -0.2) is 0 Å². The van der Waals surface area contributed by atoms with E-state index in [2.05, 4.69) is 99.5 Å². The molecule has 3 N–H and O–H groups in total. The molecular formula is C39H48N4. The van der Waals surface area contributed by atoms with Gasteiger partial charge in [-0.2, -0.15) is 0 Å². The van der Waals surface area contributed by atoms with E-state index in [1.54, 1.807) is 22.3 Å². The molecule has 0 amide bonds. The Kier molecular flexibility index (Phi) is 7.85. The van der Waals surface area contributed by atoms with Crippen molar-refractivity contribution in [1.82, 2.24) is 20.5 Å². The minimum absolute atomic E-state index is 0.169. The van der Waals surface area contributed by atoms with Gasteiger partial charge in [0, 0.05) is 23.3 Å². The summed E-state index contributed by atoms with van der Waals surface area (Å²) >= 11 is 0. The number of hydrogen-bond acceptors (Lipinski definition) is 3. The quantitative estimate of drug-likeness (QED) is 0.314. The topological polar surface area (TPSA) is 41.0 Å². The highest BCUT2D eigenvalue weighted by Gasteiger charge is 2.42. The van der Waals surface area contributed by atoms with E-state index in [1.165, 1.54) is 68.3 Å². The van der Waals surface area contributed by atoms with Gasteiger partial charge in [-0.3, -0.25) is 16.0 Å². The number of nitrogens with one attached hydrogen (secondary N) is 3. The van der Waals surface area contributed by atoms with Crippen LogP contribution in [-0.2, 0) is 12.8 Å². The lowest BCUT2D eigenvalue weighted by atomic mass is 9.78. The van der Waals surface area contributed by atoms with Gasteiger partial charge in [0.2, 0.25) is 0 Å². The highest BCUT2D eigenvalue weighted by atomic mass is 15.4. The maximum absolute atomic E-state index is 4.20. The smallest absolute Gasteiger partial charge is 0.0856 e. The van der Waals surface area contributed by atoms with Crippen LogP contribution in [0, 0.1) is 11.8 Å². The largest absolute Gasteiger partial charge is 0.337 e. The lowest BCUT2D eigenvalue weighted by molar-refractivity contribution is 0.117. The molecule has 7 aliphatic rings. The van der Waals surface area contributed by atoms with Crippen LogP contribution in [0.4, 0.5) is 0 Å². The van der Waals surface area contributed by atoms with Gasteiger partial charge in [0.05, 0.1) is 18.5 Å². The van der Waals surface area contributed by atoms with E-state index in [4.69, 9.17) is 0 Å². The first-order chi connectivity index (χ1) is 21.3. The Balaban J connectivity index is 1.22. The molecule has 0 bridgehead atoms. The van der Waals surface area contributed by atoms with Gasteiger partial charge in [-0.05, 0) is 129 Å². The van der Waals surface area contributed by atoms with Gasteiger partial charge in [0.1, 0.15) is 0 Å². The molecule has 4 heteroatoms. The zero-order valence-corrected chi connectivity index (χ0v) is 25.6. The number of allylic oxidation sites excluding steroid dienone is 11. The first-order valence-electron chi connectivity index (χ1n) is 17.3. The molecule has 6 unspecified atom stereocenters. The van der Waals surface area contributed by atoms with Crippen molar-refractivity contribution in [3.05, 3.63) is 106 Å². The minimum Gasteiger partial charge on any atom is -0.337 e. The Labute approximate surface area is 258 Å². The monoisotopic (exact) mass is 572 g/mol. The molecule has 43 heavy (non-hydrogen) atoms. The Bertz CT molecular complexity index is 1430. The third kappa shape index (κ3) is 5.36. The van der Waals surface area contributed by atoms with Crippen LogP contribution in [0.5, 0.6) is 0 Å². The first kappa shape index (κ1) is 27.6. The van der Waals surface area contributed by atoms with Crippen molar-refractivity contribution in [2.75, 3.05) is 0 Å². The van der Waals surface area contributed by atoms with Gasteiger partial charge in [0.15, 0.2) is 0 Å². The van der Waals surface area contributed by atoms with Crippen LogP contribution < -0.4 is 16.0 Å². The second-order valence-electron chi connectivity index (χ2n) is 13.6. The molecule has 224 valence electrons. The average Bonchev–Trinajstić information content (AvgIpc) is 3.43. The van der Waals surface area contributed by atoms with Crippen LogP contribution in [0.3, 0.4) is 0 Å². The van der Waals surface area contributed by atoms with E-state index in [9.17, 15) is 0 Å². The van der Waals surface area contributed by atoms with Crippen LogP contribution in [0.2, 0.25) is 0 Å². The Hall–Kier alpha value is -2.92. The summed E-state index contributed by atoms with van der Waals surface area (Å²) in [5.74, 6) is 0.959. The zero-order valence-electron chi connectivity index (χ0n) is 25.6. The molecular weight excluding hydrogens is 524 g/mol. The summed E-state index contributed by atoms with van der Waals surface area (Å²) in [6, 6.07) is 0.415. The standard InChI is InChI=1S/C39H48N4/c1-4-14-27(15-5-1)30-24-25-36(43-34-22-12-10-20-31(34)32-21-11-13-23-35(32)43)33(26-30)39-41-37(28-16-6-2-7-17-28)40-38(42-39)29-18-8-3-9-19-29/h1-2,4,6,8,12-14,18-19,22-23,26,28,33,36-42H,3,5,7,9-11,15-17,20-21,24-25H2. The molecule has 6 aliphatic carbocycles. The van der Waals surface area contributed by atoms with Crippen molar-refractivity contribution in [2.45, 2.75) is 108 Å². The molecule has 0 spiro atoms. The second-order valence-corrected chi connectivity index (χ2v) is 13.6. The van der Waals surface area contributed by atoms with E-state index < -0.39 is 0 Å². The van der Waals surface area contributed by atoms with Gasteiger partial charge >= 0.3 is 0 Å². The summed E-state index contributed by atoms with van der Waals surface area (Å²) < 4.78 is 2.79. The molecule has 2 heterocycles. The van der Waals surface area contributed by atoms with Crippen molar-refractivity contribution in [3.63, 3.8) is 0 Å². The van der Waals surface area contributed by atoms with Crippen LogP contribution in [0.15, 0.2) is 83.6 Å². The Morgan fingerprint density at radius 3 is 2.14 bits per heavy atom. The molecule has 6 atom stereocenters. The molecule has 1 aromatic rings. The maximum Gasteiger partial charge on any atom is 0.0856 e. The van der Waals surface area contributed by atoms with Gasteiger partial charge in [-0.1, -0.05) is 66.8 Å². The SMILES string of the molecule is C1=CCCC(C2=CC(C3NC(C4=CCCC=C4)NC(C4CC=CCC4)N3)C(n3c4c(c5c3C=CCC5)CCC=C4)CC2)=C1. The fraction of sp³-hybridized carbons (Fsp3) is 0.487. The summed E-state index contributed by atoms with van der Waals surface area (Å²) in [6.07, 6.45) is 47.3. The van der Waals surface area contributed by atoms with Crippen LogP contribution in [0.25, 0.3) is 12.2 Å². The van der Waals surface area contributed by atoms with Gasteiger partial charge < -0.3 is 4.57 Å². The van der Waals surface area contributed by atoms with E-state index in [1.807, 2.05) is 0 Å². The summed E-state index contributed by atoms with van der Waals surface area (Å²) in [5, 5.41) is 12.4. The molecule has 1 fully saturated rings. The molecule has 1 aliphatic heterocycles. The first-order valence-corrected chi connectivity index (χ1v) is 17.3. The van der Waals surface area contributed by atoms with E-state index >= 15 is 0 Å². The lowest BCUT2D eigenvalue weighted by Crippen LogP contribution is -2.71. The predicted octanol–water partition coefficient (Wildman–Crippen LogP) is 7.95.